The first-order valence-electron chi connectivity index (χ1n) is 5.67. The van der Waals surface area contributed by atoms with E-state index >= 15 is 0 Å². The highest BCUT2D eigenvalue weighted by Crippen LogP contribution is 2.28. The van der Waals surface area contributed by atoms with Gasteiger partial charge in [-0.15, -0.1) is 0 Å². The third kappa shape index (κ3) is 4.57. The van der Waals surface area contributed by atoms with Crippen LogP contribution in [0.5, 0.6) is 0 Å². The molecule has 0 saturated carbocycles. The SMILES string of the molecule is CC.Cc1c(N(N)/C=C(\N)C(F)(F)F)ccc(Cl)c1F. The van der Waals surface area contributed by atoms with Crippen LogP contribution in [-0.4, -0.2) is 6.18 Å². The van der Waals surface area contributed by atoms with Gasteiger partial charge in [-0.05, 0) is 19.1 Å². The summed E-state index contributed by atoms with van der Waals surface area (Å²) in [5.74, 6) is 4.63. The molecule has 0 spiro atoms. The number of nitrogens with two attached hydrogens (primary N) is 2. The summed E-state index contributed by atoms with van der Waals surface area (Å²) in [4.78, 5) is 0. The van der Waals surface area contributed by atoms with E-state index in [0.717, 1.165) is 0 Å². The Labute approximate surface area is 119 Å². The molecule has 0 aliphatic rings. The average Bonchev–Trinajstić information content (AvgIpc) is 2.37. The van der Waals surface area contributed by atoms with E-state index in [1.165, 1.54) is 19.1 Å². The molecule has 0 radical (unpaired) electrons. The van der Waals surface area contributed by atoms with Gasteiger partial charge in [-0.1, -0.05) is 25.4 Å². The van der Waals surface area contributed by atoms with Gasteiger partial charge in [0.2, 0.25) is 0 Å². The van der Waals surface area contributed by atoms with Crippen LogP contribution < -0.4 is 16.6 Å². The van der Waals surface area contributed by atoms with Gasteiger partial charge >= 0.3 is 6.18 Å². The molecule has 0 atom stereocenters. The summed E-state index contributed by atoms with van der Waals surface area (Å²) in [6, 6.07) is 2.48. The number of allylic oxidation sites excluding steroid dienone is 1. The normalized spacial score (nSPS) is 11.8. The molecule has 3 nitrogen and oxygen atoms in total. The Bertz CT molecular complexity index is 486. The average molecular weight is 314 g/mol. The molecular formula is C12H16ClF4N3. The number of hydrogen-bond donors (Lipinski definition) is 2. The number of alkyl halides is 3. The van der Waals surface area contributed by atoms with Crippen molar-refractivity contribution >= 4 is 17.3 Å². The highest BCUT2D eigenvalue weighted by molar-refractivity contribution is 6.30. The van der Waals surface area contributed by atoms with Crippen molar-refractivity contribution in [3.63, 3.8) is 0 Å². The fourth-order valence-corrected chi connectivity index (χ4v) is 1.42. The first kappa shape index (κ1) is 18.5. The standard InChI is InChI=1S/C10H10ClF4N3.C2H6/c1-5-7(3-2-6(11)9(5)12)18(17)4-8(16)10(13,14)15;1-2/h2-4H,16-17H2,1H3;1-2H3/b8-4-;. The summed E-state index contributed by atoms with van der Waals surface area (Å²) in [6.45, 7) is 5.34. The molecule has 0 aromatic heterocycles. The van der Waals surface area contributed by atoms with Gasteiger partial charge in [-0.25, -0.2) is 10.2 Å². The molecule has 0 amide bonds. The van der Waals surface area contributed by atoms with E-state index < -0.39 is 17.7 Å². The van der Waals surface area contributed by atoms with Crippen LogP contribution in [-0.2, 0) is 0 Å². The van der Waals surface area contributed by atoms with Crippen molar-refractivity contribution in [3.8, 4) is 0 Å². The molecular weight excluding hydrogens is 298 g/mol. The summed E-state index contributed by atoms with van der Waals surface area (Å²) < 4.78 is 50.0. The van der Waals surface area contributed by atoms with Crippen LogP contribution >= 0.6 is 11.6 Å². The second kappa shape index (κ2) is 7.35. The van der Waals surface area contributed by atoms with E-state index in [1.54, 1.807) is 0 Å². The third-order valence-electron chi connectivity index (χ3n) is 2.19. The van der Waals surface area contributed by atoms with Crippen LogP contribution in [0.1, 0.15) is 19.4 Å². The Balaban J connectivity index is 0.00000172. The zero-order chi connectivity index (χ0) is 16.1. The van der Waals surface area contributed by atoms with Gasteiger partial charge in [0.05, 0.1) is 10.7 Å². The van der Waals surface area contributed by atoms with Gasteiger partial charge in [-0.2, -0.15) is 13.2 Å². The molecule has 0 unspecified atom stereocenters. The Morgan fingerprint density at radius 2 is 1.80 bits per heavy atom. The molecule has 114 valence electrons. The Hall–Kier alpha value is -1.47. The molecule has 0 heterocycles. The lowest BCUT2D eigenvalue weighted by Gasteiger charge is -2.19. The highest BCUT2D eigenvalue weighted by Gasteiger charge is 2.32. The molecule has 1 aromatic carbocycles. The highest BCUT2D eigenvalue weighted by atomic mass is 35.5. The van der Waals surface area contributed by atoms with Crippen LogP contribution in [0.2, 0.25) is 5.02 Å². The van der Waals surface area contributed by atoms with E-state index in [0.29, 0.717) is 11.2 Å². The minimum absolute atomic E-state index is 0.0243. The zero-order valence-electron chi connectivity index (χ0n) is 11.2. The fourth-order valence-electron chi connectivity index (χ4n) is 1.21. The maximum atomic E-state index is 13.4. The quantitative estimate of drug-likeness (QED) is 0.495. The molecule has 1 aromatic rings. The van der Waals surface area contributed by atoms with Crippen LogP contribution in [0, 0.1) is 12.7 Å². The molecule has 1 rings (SSSR count). The molecule has 20 heavy (non-hydrogen) atoms. The summed E-state index contributed by atoms with van der Waals surface area (Å²) in [6.07, 6.45) is -4.23. The van der Waals surface area contributed by atoms with E-state index in [-0.39, 0.29) is 16.3 Å². The van der Waals surface area contributed by atoms with E-state index in [1.807, 2.05) is 13.8 Å². The fraction of sp³-hybridized carbons (Fsp3) is 0.333. The summed E-state index contributed by atoms with van der Waals surface area (Å²) in [5, 5.41) is 0.454. The van der Waals surface area contributed by atoms with Crippen LogP contribution in [0.3, 0.4) is 0 Å². The zero-order valence-corrected chi connectivity index (χ0v) is 12.0. The van der Waals surface area contributed by atoms with Crippen molar-refractivity contribution in [2.45, 2.75) is 26.9 Å². The Morgan fingerprint density at radius 1 is 1.30 bits per heavy atom. The lowest BCUT2D eigenvalue weighted by atomic mass is 10.2. The Kier molecular flexibility index (Phi) is 6.81. The third-order valence-corrected chi connectivity index (χ3v) is 2.49. The Morgan fingerprint density at radius 3 is 2.25 bits per heavy atom. The predicted octanol–water partition coefficient (Wildman–Crippen LogP) is 3.86. The van der Waals surface area contributed by atoms with Crippen molar-refractivity contribution in [3.05, 3.63) is 40.4 Å². The minimum atomic E-state index is -4.70. The monoisotopic (exact) mass is 313 g/mol. The molecule has 0 aliphatic heterocycles. The number of hydrogen-bond acceptors (Lipinski definition) is 3. The number of nitrogens with zero attached hydrogens (tertiary/aromatic N) is 1. The van der Waals surface area contributed by atoms with Crippen LogP contribution in [0.15, 0.2) is 24.0 Å². The second-order valence-corrected chi connectivity index (χ2v) is 3.90. The van der Waals surface area contributed by atoms with Gasteiger partial charge in [0.1, 0.15) is 11.5 Å². The molecule has 0 fully saturated rings. The molecule has 4 N–H and O–H groups in total. The van der Waals surface area contributed by atoms with Crippen molar-refractivity contribution in [2.75, 3.05) is 5.01 Å². The maximum Gasteiger partial charge on any atom is 0.432 e. The van der Waals surface area contributed by atoms with Crippen LogP contribution in [0.25, 0.3) is 0 Å². The first-order valence-corrected chi connectivity index (χ1v) is 6.05. The summed E-state index contributed by atoms with van der Waals surface area (Å²) >= 11 is 5.51. The summed E-state index contributed by atoms with van der Waals surface area (Å²) in [7, 11) is 0. The smallest absolute Gasteiger partial charge is 0.393 e. The lowest BCUT2D eigenvalue weighted by Crippen LogP contribution is -2.30. The van der Waals surface area contributed by atoms with Crippen molar-refractivity contribution in [1.82, 2.24) is 0 Å². The van der Waals surface area contributed by atoms with Crippen molar-refractivity contribution in [1.29, 1.82) is 0 Å². The molecule has 8 heteroatoms. The van der Waals surface area contributed by atoms with Gasteiger partial charge < -0.3 is 5.73 Å². The van der Waals surface area contributed by atoms with Crippen molar-refractivity contribution < 1.29 is 17.6 Å². The number of anilines is 1. The maximum absolute atomic E-state index is 13.4. The van der Waals surface area contributed by atoms with Gasteiger partial charge in [-0.3, -0.25) is 5.01 Å². The number of hydrazine groups is 1. The van der Waals surface area contributed by atoms with E-state index in [2.05, 4.69) is 0 Å². The minimum Gasteiger partial charge on any atom is -0.393 e. The van der Waals surface area contributed by atoms with Gasteiger partial charge in [0, 0.05) is 11.8 Å². The first-order chi connectivity index (χ1) is 9.14. The van der Waals surface area contributed by atoms with Crippen LogP contribution in [0.4, 0.5) is 23.2 Å². The second-order valence-electron chi connectivity index (χ2n) is 3.49. The summed E-state index contributed by atoms with van der Waals surface area (Å²) in [5.41, 5.74) is 3.47. The lowest BCUT2D eigenvalue weighted by molar-refractivity contribution is -0.0928. The molecule has 0 aliphatic carbocycles. The largest absolute Gasteiger partial charge is 0.432 e. The van der Waals surface area contributed by atoms with E-state index in [4.69, 9.17) is 23.2 Å². The molecule has 0 saturated heterocycles. The van der Waals surface area contributed by atoms with Gasteiger partial charge in [0.15, 0.2) is 0 Å². The van der Waals surface area contributed by atoms with Crippen molar-refractivity contribution in [2.24, 2.45) is 11.6 Å². The number of rotatable bonds is 2. The number of halogens is 5. The molecule has 0 bridgehead atoms. The predicted molar refractivity (Wildman–Crippen MR) is 72.5 cm³/mol. The van der Waals surface area contributed by atoms with Gasteiger partial charge in [0.25, 0.3) is 0 Å². The number of benzene rings is 1. The van der Waals surface area contributed by atoms with E-state index in [9.17, 15) is 17.6 Å². The topological polar surface area (TPSA) is 55.3 Å².